The molecule has 1 aliphatic carbocycles. The van der Waals surface area contributed by atoms with E-state index >= 15 is 0 Å². The van der Waals surface area contributed by atoms with Crippen molar-refractivity contribution in [1.82, 2.24) is 24.9 Å². The van der Waals surface area contributed by atoms with Gasteiger partial charge in [-0.05, 0) is 31.6 Å². The summed E-state index contributed by atoms with van der Waals surface area (Å²) in [6, 6.07) is 0.0337. The highest BCUT2D eigenvalue weighted by molar-refractivity contribution is 5.80. The molecule has 3 amide bonds. The van der Waals surface area contributed by atoms with E-state index in [0.29, 0.717) is 45.1 Å². The van der Waals surface area contributed by atoms with Crippen LogP contribution in [0.1, 0.15) is 37.7 Å². The highest BCUT2D eigenvalue weighted by Crippen LogP contribution is 2.52. The van der Waals surface area contributed by atoms with E-state index in [2.05, 4.69) is 10.4 Å². The molecule has 0 unspecified atom stereocenters. The van der Waals surface area contributed by atoms with Crippen LogP contribution < -0.4 is 5.32 Å². The van der Waals surface area contributed by atoms with Crippen LogP contribution in [-0.4, -0.2) is 63.2 Å². The fourth-order valence-electron chi connectivity index (χ4n) is 5.59. The monoisotopic (exact) mass is 411 g/mol. The number of nitrogens with one attached hydrogen (secondary N) is 1. The number of likely N-dealkylation sites (tertiary alicyclic amines) is 2. The predicted octanol–water partition coefficient (Wildman–Crippen LogP) is 2.09. The molecule has 3 saturated heterocycles. The Morgan fingerprint density at radius 3 is 2.52 bits per heavy atom. The third-order valence-electron chi connectivity index (χ3n) is 6.89. The number of alkyl halides is 3. The van der Waals surface area contributed by atoms with Crippen LogP contribution >= 0.6 is 0 Å². The molecule has 0 aromatic carbocycles. The Bertz CT molecular complexity index is 831. The maximum Gasteiger partial charge on any atom is 0.419 e. The van der Waals surface area contributed by atoms with Gasteiger partial charge in [0.2, 0.25) is 5.91 Å². The van der Waals surface area contributed by atoms with E-state index in [-0.39, 0.29) is 22.9 Å². The molecule has 1 aromatic rings. The van der Waals surface area contributed by atoms with Gasteiger partial charge in [-0.25, -0.2) is 4.79 Å². The van der Waals surface area contributed by atoms with Gasteiger partial charge in [0.1, 0.15) is 0 Å². The van der Waals surface area contributed by atoms with Crippen LogP contribution in [0.3, 0.4) is 0 Å². The van der Waals surface area contributed by atoms with Gasteiger partial charge in [0, 0.05) is 50.8 Å². The van der Waals surface area contributed by atoms with Gasteiger partial charge >= 0.3 is 12.2 Å². The third-order valence-corrected chi connectivity index (χ3v) is 6.89. The maximum atomic E-state index is 12.7. The number of rotatable bonds is 2. The molecule has 4 heterocycles. The Labute approximate surface area is 166 Å². The molecule has 5 rings (SSSR count). The molecule has 2 spiro atoms. The van der Waals surface area contributed by atoms with Gasteiger partial charge in [0.05, 0.1) is 17.3 Å². The van der Waals surface area contributed by atoms with Gasteiger partial charge in [-0.2, -0.15) is 18.3 Å². The second-order valence-electron chi connectivity index (χ2n) is 9.40. The average molecular weight is 411 g/mol. The van der Waals surface area contributed by atoms with E-state index in [4.69, 9.17) is 0 Å². The third kappa shape index (κ3) is 3.26. The zero-order chi connectivity index (χ0) is 20.4. The minimum atomic E-state index is -4.36. The predicted molar refractivity (Wildman–Crippen MR) is 95.7 cm³/mol. The number of halogens is 3. The number of amides is 3. The topological polar surface area (TPSA) is 70.5 Å². The first-order valence-electron chi connectivity index (χ1n) is 10.1. The summed E-state index contributed by atoms with van der Waals surface area (Å²) in [6.45, 7) is 3.09. The van der Waals surface area contributed by atoms with Crippen LogP contribution in [0, 0.1) is 11.3 Å². The van der Waals surface area contributed by atoms with Crippen LogP contribution in [0.2, 0.25) is 0 Å². The van der Waals surface area contributed by atoms with Gasteiger partial charge in [-0.3, -0.25) is 9.48 Å². The van der Waals surface area contributed by atoms with E-state index < -0.39 is 11.7 Å². The molecular formula is C19H24F3N5O2. The van der Waals surface area contributed by atoms with Crippen molar-refractivity contribution in [3.8, 4) is 0 Å². The zero-order valence-corrected chi connectivity index (χ0v) is 16.0. The first-order valence-corrected chi connectivity index (χ1v) is 10.1. The van der Waals surface area contributed by atoms with Crippen LogP contribution in [-0.2, 0) is 17.5 Å². The fourth-order valence-corrected chi connectivity index (χ4v) is 5.59. The number of carbonyl (C=O) groups excluding carboxylic acids is 2. The molecule has 0 atom stereocenters. The molecule has 4 aliphatic rings. The first kappa shape index (κ1) is 18.7. The first-order chi connectivity index (χ1) is 13.7. The fraction of sp³-hybridized carbons (Fsp3) is 0.737. The van der Waals surface area contributed by atoms with Crippen LogP contribution in [0.25, 0.3) is 0 Å². The average Bonchev–Trinajstić information content (AvgIpc) is 3.02. The minimum Gasteiger partial charge on any atom is -0.347 e. The number of piperidine rings is 1. The Morgan fingerprint density at radius 2 is 1.90 bits per heavy atom. The number of aromatic nitrogens is 2. The van der Waals surface area contributed by atoms with E-state index in [1.165, 1.54) is 4.68 Å². The molecule has 29 heavy (non-hydrogen) atoms. The van der Waals surface area contributed by atoms with Crippen molar-refractivity contribution >= 4 is 11.9 Å². The Kier molecular flexibility index (Phi) is 3.96. The van der Waals surface area contributed by atoms with Gasteiger partial charge < -0.3 is 15.1 Å². The normalized spacial score (nSPS) is 25.4. The molecular weight excluding hydrogens is 387 g/mol. The van der Waals surface area contributed by atoms with Crippen molar-refractivity contribution in [3.63, 3.8) is 0 Å². The Morgan fingerprint density at radius 1 is 1.21 bits per heavy atom. The van der Waals surface area contributed by atoms with Gasteiger partial charge in [-0.1, -0.05) is 0 Å². The number of carbonyl (C=O) groups is 2. The standard InChI is InChI=1S/C19H24F3N5O2/c20-19(21,22)14-6-23-27(8-14)7-13-4-17(5-13)9-25(10-17)16(29)26-11-18(12-26)3-1-2-15(28)24-18/h6,8,13H,1-5,7,9-12H2,(H,24,28). The SMILES string of the molecule is O=C1CCCC2(CN(C(=O)N3CC4(CC(Cn5cc(C(F)(F)F)cn5)C4)C3)C2)N1. The van der Waals surface area contributed by atoms with Crippen LogP contribution in [0.4, 0.5) is 18.0 Å². The molecule has 0 bridgehead atoms. The summed E-state index contributed by atoms with van der Waals surface area (Å²) < 4.78 is 39.4. The molecule has 7 nitrogen and oxygen atoms in total. The lowest BCUT2D eigenvalue weighted by Crippen LogP contribution is -2.75. The number of urea groups is 1. The van der Waals surface area contributed by atoms with Gasteiger partial charge in [0.25, 0.3) is 0 Å². The lowest BCUT2D eigenvalue weighted by molar-refractivity contribution is -0.137. The molecule has 1 N–H and O–H groups in total. The van der Waals surface area contributed by atoms with Crippen molar-refractivity contribution in [2.45, 2.75) is 50.4 Å². The minimum absolute atomic E-state index is 0.0337. The van der Waals surface area contributed by atoms with Gasteiger partial charge in [0.15, 0.2) is 0 Å². The molecule has 4 fully saturated rings. The maximum absolute atomic E-state index is 12.7. The van der Waals surface area contributed by atoms with E-state index in [0.717, 1.165) is 38.1 Å². The van der Waals surface area contributed by atoms with E-state index in [1.54, 1.807) is 4.90 Å². The van der Waals surface area contributed by atoms with E-state index in [1.807, 2.05) is 4.90 Å². The molecule has 1 aromatic heterocycles. The largest absolute Gasteiger partial charge is 0.419 e. The summed E-state index contributed by atoms with van der Waals surface area (Å²) in [6.07, 6.45) is 1.78. The number of hydrogen-bond acceptors (Lipinski definition) is 3. The van der Waals surface area contributed by atoms with E-state index in [9.17, 15) is 22.8 Å². The van der Waals surface area contributed by atoms with Crippen LogP contribution in [0.15, 0.2) is 12.4 Å². The molecule has 10 heteroatoms. The summed E-state index contributed by atoms with van der Waals surface area (Å²) in [5, 5.41) is 6.86. The lowest BCUT2D eigenvalue weighted by atomic mass is 9.58. The molecule has 1 saturated carbocycles. The second-order valence-corrected chi connectivity index (χ2v) is 9.40. The van der Waals surface area contributed by atoms with Crippen molar-refractivity contribution in [1.29, 1.82) is 0 Å². The quantitative estimate of drug-likeness (QED) is 0.810. The van der Waals surface area contributed by atoms with Gasteiger partial charge in [-0.15, -0.1) is 0 Å². The highest BCUT2D eigenvalue weighted by Gasteiger charge is 2.56. The van der Waals surface area contributed by atoms with Crippen molar-refractivity contribution in [2.24, 2.45) is 11.3 Å². The lowest BCUT2D eigenvalue weighted by Gasteiger charge is -2.61. The summed E-state index contributed by atoms with van der Waals surface area (Å²) in [7, 11) is 0. The van der Waals surface area contributed by atoms with Crippen molar-refractivity contribution in [2.75, 3.05) is 26.2 Å². The highest BCUT2D eigenvalue weighted by atomic mass is 19.4. The zero-order valence-electron chi connectivity index (χ0n) is 16.0. The molecule has 158 valence electrons. The Hall–Kier alpha value is -2.26. The molecule has 3 aliphatic heterocycles. The van der Waals surface area contributed by atoms with Crippen molar-refractivity contribution < 1.29 is 22.8 Å². The van der Waals surface area contributed by atoms with Crippen molar-refractivity contribution in [3.05, 3.63) is 18.0 Å². The Balaban J connectivity index is 1.06. The smallest absolute Gasteiger partial charge is 0.347 e. The molecule has 0 radical (unpaired) electrons. The summed E-state index contributed by atoms with van der Waals surface area (Å²) in [4.78, 5) is 27.9. The van der Waals surface area contributed by atoms with Crippen LogP contribution in [0.5, 0.6) is 0 Å². The summed E-state index contributed by atoms with van der Waals surface area (Å²) >= 11 is 0. The number of hydrogen-bond donors (Lipinski definition) is 1. The second kappa shape index (κ2) is 6.12. The summed E-state index contributed by atoms with van der Waals surface area (Å²) in [5.41, 5.74) is -0.802. The summed E-state index contributed by atoms with van der Waals surface area (Å²) in [5.74, 6) is 0.379. The number of nitrogens with zero attached hydrogens (tertiary/aromatic N) is 4.